The number of benzene rings is 3. The Morgan fingerprint density at radius 2 is 1.71 bits per heavy atom. The lowest BCUT2D eigenvalue weighted by Crippen LogP contribution is -2.60. The normalized spacial score (nSPS) is 24.8. The highest BCUT2D eigenvalue weighted by Crippen LogP contribution is 2.34. The molecule has 1 heterocycles. The second-order valence-electron chi connectivity index (χ2n) is 8.22. The molecule has 1 aliphatic heterocycles. The number of aryl methyl sites for hydroxylation is 1. The van der Waals surface area contributed by atoms with Crippen molar-refractivity contribution in [1.82, 2.24) is 0 Å². The minimum Gasteiger partial charge on any atom is -0.507 e. The topological polar surface area (TPSA) is 137 Å². The zero-order valence-electron chi connectivity index (χ0n) is 18.0. The fourth-order valence-electron chi connectivity index (χ4n) is 4.01. The van der Waals surface area contributed by atoms with Gasteiger partial charge in [0.25, 0.3) is 0 Å². The zero-order valence-corrected chi connectivity index (χ0v) is 18.0. The number of carbonyl (C=O) groups excluding carboxylic acids is 1. The van der Waals surface area contributed by atoms with Gasteiger partial charge in [0.15, 0.2) is 5.78 Å². The van der Waals surface area contributed by atoms with Crippen molar-refractivity contribution in [3.63, 3.8) is 0 Å². The largest absolute Gasteiger partial charge is 0.507 e. The third kappa shape index (κ3) is 4.89. The van der Waals surface area contributed by atoms with Gasteiger partial charge in [-0.2, -0.15) is 0 Å². The van der Waals surface area contributed by atoms with Gasteiger partial charge >= 0.3 is 0 Å². The van der Waals surface area contributed by atoms with Gasteiger partial charge in [-0.05, 0) is 22.8 Å². The molecular formula is C25H25FO8. The summed E-state index contributed by atoms with van der Waals surface area (Å²) in [6.07, 6.45) is -7.65. The monoisotopic (exact) mass is 472 g/mol. The number of ether oxygens (including phenoxy) is 2. The van der Waals surface area contributed by atoms with Crippen molar-refractivity contribution in [2.75, 3.05) is 6.61 Å². The average molecular weight is 472 g/mol. The molecule has 0 amide bonds. The zero-order chi connectivity index (χ0) is 24.4. The SMILES string of the molecule is O=C(CCc1ccc2ccccc2c1)c1c(O)cc(F)cc1O[C@@H]1O[C@H](CO)[C@@H](O)[C@H](O)[C@H]1O. The number of aliphatic hydroxyl groups excluding tert-OH is 4. The molecular weight excluding hydrogens is 447 g/mol. The van der Waals surface area contributed by atoms with E-state index in [1.165, 1.54) is 0 Å². The van der Waals surface area contributed by atoms with Gasteiger partial charge in [0.2, 0.25) is 6.29 Å². The van der Waals surface area contributed by atoms with Gasteiger partial charge in [0.05, 0.1) is 6.61 Å². The molecule has 1 fully saturated rings. The van der Waals surface area contributed by atoms with Crippen LogP contribution in [0, 0.1) is 5.82 Å². The van der Waals surface area contributed by atoms with Gasteiger partial charge in [0.1, 0.15) is 47.3 Å². The van der Waals surface area contributed by atoms with E-state index < -0.39 is 60.4 Å². The highest BCUT2D eigenvalue weighted by Gasteiger charge is 2.45. The Labute approximate surface area is 194 Å². The lowest BCUT2D eigenvalue weighted by atomic mass is 9.98. The van der Waals surface area contributed by atoms with Crippen molar-refractivity contribution in [3.8, 4) is 11.5 Å². The standard InChI is InChI=1S/C25H25FO8/c26-16-10-18(29)21(17(28)8-6-13-5-7-14-3-1-2-4-15(14)9-13)19(11-16)33-25-24(32)23(31)22(30)20(12-27)34-25/h1-5,7,9-11,20,22-25,27,29-32H,6,8,12H2/t20-,22-,23+,24-,25-/m1/s1. The predicted molar refractivity (Wildman–Crippen MR) is 119 cm³/mol. The molecule has 0 aromatic heterocycles. The summed E-state index contributed by atoms with van der Waals surface area (Å²) in [4.78, 5) is 13.0. The minimum absolute atomic E-state index is 0.0252. The van der Waals surface area contributed by atoms with E-state index in [2.05, 4.69) is 0 Å². The van der Waals surface area contributed by atoms with Gasteiger partial charge < -0.3 is 35.0 Å². The molecule has 0 radical (unpaired) electrons. The Kier molecular flexibility index (Phi) is 7.11. The summed E-state index contributed by atoms with van der Waals surface area (Å²) in [5.74, 6) is -2.48. The molecule has 9 heteroatoms. The third-order valence-corrected chi connectivity index (χ3v) is 5.87. The molecule has 3 aromatic rings. The fourth-order valence-corrected chi connectivity index (χ4v) is 4.01. The van der Waals surface area contributed by atoms with Gasteiger partial charge in [-0.15, -0.1) is 0 Å². The fraction of sp³-hybridized carbons (Fsp3) is 0.320. The quantitative estimate of drug-likeness (QED) is 0.328. The van der Waals surface area contributed by atoms with E-state index in [0.29, 0.717) is 6.42 Å². The van der Waals surface area contributed by atoms with E-state index in [1.54, 1.807) is 0 Å². The second-order valence-corrected chi connectivity index (χ2v) is 8.22. The first-order chi connectivity index (χ1) is 16.3. The van der Waals surface area contributed by atoms with Crippen LogP contribution in [0.5, 0.6) is 11.5 Å². The van der Waals surface area contributed by atoms with E-state index >= 15 is 0 Å². The van der Waals surface area contributed by atoms with Crippen molar-refractivity contribution in [3.05, 3.63) is 71.5 Å². The molecule has 0 aliphatic carbocycles. The molecule has 180 valence electrons. The molecule has 4 rings (SSSR count). The van der Waals surface area contributed by atoms with Crippen molar-refractivity contribution >= 4 is 16.6 Å². The summed E-state index contributed by atoms with van der Waals surface area (Å²) in [6.45, 7) is -0.684. The second kappa shape index (κ2) is 10.0. The van der Waals surface area contributed by atoms with Crippen molar-refractivity contribution < 1.29 is 44.2 Å². The number of Topliss-reactive ketones (excluding diaryl/α,β-unsaturated/α-hetero) is 1. The first-order valence-corrected chi connectivity index (χ1v) is 10.8. The summed E-state index contributed by atoms with van der Waals surface area (Å²) in [5, 5.41) is 51.8. The maximum atomic E-state index is 14.0. The molecule has 0 bridgehead atoms. The van der Waals surface area contributed by atoms with Crippen LogP contribution in [0.1, 0.15) is 22.3 Å². The van der Waals surface area contributed by atoms with Crippen LogP contribution >= 0.6 is 0 Å². The number of rotatable bonds is 7. The molecule has 34 heavy (non-hydrogen) atoms. The average Bonchev–Trinajstić information content (AvgIpc) is 2.82. The number of carbonyl (C=O) groups is 1. The Bertz CT molecular complexity index is 1180. The lowest BCUT2D eigenvalue weighted by Gasteiger charge is -2.39. The molecule has 0 spiro atoms. The summed E-state index contributed by atoms with van der Waals surface area (Å²) in [5.41, 5.74) is 0.587. The van der Waals surface area contributed by atoms with E-state index in [1.807, 2.05) is 42.5 Å². The number of aromatic hydroxyl groups is 1. The number of ketones is 1. The number of phenols is 1. The molecule has 3 aromatic carbocycles. The summed E-state index contributed by atoms with van der Waals surface area (Å²) in [6, 6.07) is 15.2. The van der Waals surface area contributed by atoms with Crippen LogP contribution in [0.2, 0.25) is 0 Å². The molecule has 0 unspecified atom stereocenters. The van der Waals surface area contributed by atoms with Crippen LogP contribution in [0.25, 0.3) is 10.8 Å². The Morgan fingerprint density at radius 3 is 2.44 bits per heavy atom. The van der Waals surface area contributed by atoms with Crippen LogP contribution in [-0.4, -0.2) is 68.6 Å². The van der Waals surface area contributed by atoms with Gasteiger partial charge in [-0.1, -0.05) is 42.5 Å². The number of aliphatic hydroxyl groups is 4. The highest BCUT2D eigenvalue weighted by molar-refractivity contribution is 6.01. The van der Waals surface area contributed by atoms with Gasteiger partial charge in [0, 0.05) is 18.6 Å². The number of phenolic OH excluding ortho intramolecular Hbond substituents is 1. The lowest BCUT2D eigenvalue weighted by molar-refractivity contribution is -0.277. The smallest absolute Gasteiger partial charge is 0.229 e. The Hall–Kier alpha value is -3.08. The van der Waals surface area contributed by atoms with Crippen LogP contribution in [0.15, 0.2) is 54.6 Å². The Morgan fingerprint density at radius 1 is 0.971 bits per heavy atom. The molecule has 1 aliphatic rings. The number of halogens is 1. The minimum atomic E-state index is -1.76. The number of hydrogen-bond donors (Lipinski definition) is 5. The first-order valence-electron chi connectivity index (χ1n) is 10.8. The molecule has 5 atom stereocenters. The summed E-state index contributed by atoms with van der Waals surface area (Å²) < 4.78 is 24.8. The van der Waals surface area contributed by atoms with E-state index in [-0.39, 0.29) is 12.0 Å². The molecule has 0 saturated carbocycles. The maximum Gasteiger partial charge on any atom is 0.229 e. The highest BCUT2D eigenvalue weighted by atomic mass is 19.1. The van der Waals surface area contributed by atoms with Crippen molar-refractivity contribution in [2.45, 2.75) is 43.5 Å². The van der Waals surface area contributed by atoms with Gasteiger partial charge in [-0.3, -0.25) is 4.79 Å². The van der Waals surface area contributed by atoms with E-state index in [0.717, 1.165) is 28.5 Å². The number of hydrogen-bond acceptors (Lipinski definition) is 8. The van der Waals surface area contributed by atoms with Crippen molar-refractivity contribution in [2.24, 2.45) is 0 Å². The van der Waals surface area contributed by atoms with Crippen LogP contribution in [0.3, 0.4) is 0 Å². The van der Waals surface area contributed by atoms with Gasteiger partial charge in [-0.25, -0.2) is 4.39 Å². The molecule has 8 nitrogen and oxygen atoms in total. The predicted octanol–water partition coefficient (Wildman–Crippen LogP) is 1.68. The number of fused-ring (bicyclic) bond motifs is 1. The van der Waals surface area contributed by atoms with Crippen LogP contribution in [-0.2, 0) is 11.2 Å². The van der Waals surface area contributed by atoms with Crippen LogP contribution in [0.4, 0.5) is 4.39 Å². The van der Waals surface area contributed by atoms with Crippen molar-refractivity contribution in [1.29, 1.82) is 0 Å². The molecule has 5 N–H and O–H groups in total. The summed E-state index contributed by atoms with van der Waals surface area (Å²) >= 11 is 0. The first kappa shape index (κ1) is 24.1. The Balaban J connectivity index is 1.55. The molecule has 1 saturated heterocycles. The summed E-state index contributed by atoms with van der Waals surface area (Å²) in [7, 11) is 0. The van der Waals surface area contributed by atoms with E-state index in [9.17, 15) is 34.7 Å². The maximum absolute atomic E-state index is 14.0. The third-order valence-electron chi connectivity index (χ3n) is 5.87. The van der Waals surface area contributed by atoms with Crippen LogP contribution < -0.4 is 4.74 Å². The van der Waals surface area contributed by atoms with E-state index in [4.69, 9.17) is 9.47 Å².